The van der Waals surface area contributed by atoms with Crippen LogP contribution in [-0.2, 0) is 14.6 Å². The number of hydrogen-bond acceptors (Lipinski definition) is 6. The van der Waals surface area contributed by atoms with E-state index in [4.69, 9.17) is 9.47 Å². The normalized spacial score (nSPS) is 14.4. The molecule has 0 bridgehead atoms. The van der Waals surface area contributed by atoms with Gasteiger partial charge in [-0.25, -0.2) is 8.42 Å². The van der Waals surface area contributed by atoms with Crippen molar-refractivity contribution in [2.45, 2.75) is 23.5 Å². The monoisotopic (exact) mass is 367 g/mol. The highest BCUT2D eigenvalue weighted by Crippen LogP contribution is 2.38. The zero-order chi connectivity index (χ0) is 17.2. The summed E-state index contributed by atoms with van der Waals surface area (Å²) < 4.78 is 36.7. The van der Waals surface area contributed by atoms with Gasteiger partial charge in [0.05, 0.1) is 4.90 Å². The number of nitrogens with one attached hydrogen (secondary N) is 1. The van der Waals surface area contributed by atoms with Crippen LogP contribution in [0.15, 0.2) is 40.6 Å². The van der Waals surface area contributed by atoms with Crippen LogP contribution in [0.1, 0.15) is 23.5 Å². The van der Waals surface area contributed by atoms with Crippen molar-refractivity contribution in [3.63, 3.8) is 0 Å². The molecule has 1 aliphatic heterocycles. The van der Waals surface area contributed by atoms with Gasteiger partial charge < -0.3 is 14.8 Å². The van der Waals surface area contributed by atoms with Crippen LogP contribution in [0.3, 0.4) is 0 Å². The van der Waals surface area contributed by atoms with Crippen LogP contribution in [0.25, 0.3) is 0 Å². The van der Waals surface area contributed by atoms with Gasteiger partial charge in [-0.3, -0.25) is 4.79 Å². The van der Waals surface area contributed by atoms with Gasteiger partial charge in [0.2, 0.25) is 12.7 Å². The summed E-state index contributed by atoms with van der Waals surface area (Å²) in [7, 11) is -3.69. The van der Waals surface area contributed by atoms with E-state index in [1.807, 2.05) is 5.38 Å². The summed E-state index contributed by atoms with van der Waals surface area (Å²) >= 11 is 1.35. The van der Waals surface area contributed by atoms with Crippen molar-refractivity contribution in [2.24, 2.45) is 0 Å². The van der Waals surface area contributed by atoms with Crippen molar-refractivity contribution in [2.75, 3.05) is 13.3 Å². The fourth-order valence-electron chi connectivity index (χ4n) is 2.39. The number of carbonyl (C=O) groups is 1. The maximum atomic E-state index is 13.1. The number of amides is 1. The molecule has 0 radical (unpaired) electrons. The Labute approximate surface area is 144 Å². The van der Waals surface area contributed by atoms with Crippen molar-refractivity contribution in [1.82, 2.24) is 5.32 Å². The second kappa shape index (κ2) is 6.82. The standard InChI is InChI=1S/C16H17NO5S2/c1-2-16(18)17-9-15(14-4-3-7-23-14)24(19,20)11-5-6-12-13(8-11)22-10-21-12/h3-8,15H,2,9-10H2,1H3,(H,17,18)/t15-/m1/s1. The van der Waals surface area contributed by atoms with Crippen LogP contribution in [0.2, 0.25) is 0 Å². The predicted molar refractivity (Wildman–Crippen MR) is 90.1 cm³/mol. The Hall–Kier alpha value is -2.06. The molecule has 1 aliphatic rings. The van der Waals surface area contributed by atoms with Crippen LogP contribution >= 0.6 is 11.3 Å². The number of ether oxygens (including phenoxy) is 2. The summed E-state index contributed by atoms with van der Waals surface area (Å²) in [6.45, 7) is 1.84. The highest BCUT2D eigenvalue weighted by molar-refractivity contribution is 7.91. The number of thiophene rings is 1. The molecular weight excluding hydrogens is 350 g/mol. The van der Waals surface area contributed by atoms with Crippen LogP contribution < -0.4 is 14.8 Å². The minimum absolute atomic E-state index is 0.0317. The van der Waals surface area contributed by atoms with E-state index < -0.39 is 15.1 Å². The third kappa shape index (κ3) is 3.25. The van der Waals surface area contributed by atoms with E-state index in [0.717, 1.165) is 0 Å². The van der Waals surface area contributed by atoms with Crippen LogP contribution in [0.5, 0.6) is 11.5 Å². The molecule has 2 heterocycles. The van der Waals surface area contributed by atoms with E-state index in [1.165, 1.54) is 23.5 Å². The second-order valence-corrected chi connectivity index (χ2v) is 8.33. The molecule has 24 heavy (non-hydrogen) atoms. The Bertz CT molecular complexity index is 830. The third-order valence-corrected chi connectivity index (χ3v) is 6.93. The fourth-order valence-corrected chi connectivity index (χ4v) is 5.19. The Balaban J connectivity index is 1.94. The summed E-state index contributed by atoms with van der Waals surface area (Å²) in [5, 5.41) is 3.66. The number of carbonyl (C=O) groups excluding carboxylic acids is 1. The molecule has 1 aromatic heterocycles. The topological polar surface area (TPSA) is 81.7 Å². The third-order valence-electron chi connectivity index (χ3n) is 3.71. The van der Waals surface area contributed by atoms with Crippen LogP contribution in [-0.4, -0.2) is 27.7 Å². The average Bonchev–Trinajstić information content (AvgIpc) is 3.25. The van der Waals surface area contributed by atoms with Gasteiger partial charge in [-0.1, -0.05) is 13.0 Å². The number of rotatable bonds is 6. The lowest BCUT2D eigenvalue weighted by atomic mass is 10.3. The summed E-state index contributed by atoms with van der Waals surface area (Å²) in [5.41, 5.74) is 0. The second-order valence-electron chi connectivity index (χ2n) is 5.22. The Morgan fingerprint density at radius 2 is 2.08 bits per heavy atom. The largest absolute Gasteiger partial charge is 0.454 e. The van der Waals surface area contributed by atoms with Crippen molar-refractivity contribution in [1.29, 1.82) is 0 Å². The molecule has 0 aliphatic carbocycles. The first-order valence-corrected chi connectivity index (χ1v) is 9.88. The number of fused-ring (bicyclic) bond motifs is 1. The molecule has 2 aromatic rings. The van der Waals surface area contributed by atoms with Crippen molar-refractivity contribution in [3.8, 4) is 11.5 Å². The Morgan fingerprint density at radius 3 is 2.79 bits per heavy atom. The predicted octanol–water partition coefficient (Wildman–Crippen LogP) is 2.52. The van der Waals surface area contributed by atoms with Crippen molar-refractivity contribution in [3.05, 3.63) is 40.6 Å². The molecule has 0 saturated heterocycles. The van der Waals surface area contributed by atoms with E-state index >= 15 is 0 Å². The maximum Gasteiger partial charge on any atom is 0.231 e. The van der Waals surface area contributed by atoms with Crippen LogP contribution in [0.4, 0.5) is 0 Å². The van der Waals surface area contributed by atoms with E-state index in [2.05, 4.69) is 5.32 Å². The van der Waals surface area contributed by atoms with Gasteiger partial charge in [-0.15, -0.1) is 11.3 Å². The van der Waals surface area contributed by atoms with Crippen molar-refractivity contribution < 1.29 is 22.7 Å². The molecule has 8 heteroatoms. The molecule has 128 valence electrons. The molecule has 0 fully saturated rings. The zero-order valence-corrected chi connectivity index (χ0v) is 14.7. The van der Waals surface area contributed by atoms with Gasteiger partial charge in [0.1, 0.15) is 5.25 Å². The lowest BCUT2D eigenvalue weighted by Crippen LogP contribution is -2.31. The van der Waals surface area contributed by atoms with E-state index in [9.17, 15) is 13.2 Å². The minimum atomic E-state index is -3.69. The lowest BCUT2D eigenvalue weighted by Gasteiger charge is -2.17. The quantitative estimate of drug-likeness (QED) is 0.848. The van der Waals surface area contributed by atoms with E-state index in [1.54, 1.807) is 25.1 Å². The number of benzene rings is 1. The molecule has 0 unspecified atom stereocenters. The maximum absolute atomic E-state index is 13.1. The first-order valence-electron chi connectivity index (χ1n) is 7.46. The lowest BCUT2D eigenvalue weighted by molar-refractivity contribution is -0.120. The highest BCUT2D eigenvalue weighted by atomic mass is 32.2. The Morgan fingerprint density at radius 1 is 1.29 bits per heavy atom. The van der Waals surface area contributed by atoms with Crippen LogP contribution in [0, 0.1) is 0 Å². The van der Waals surface area contributed by atoms with Gasteiger partial charge in [-0.2, -0.15) is 0 Å². The summed E-state index contributed by atoms with van der Waals surface area (Å²) in [4.78, 5) is 12.4. The van der Waals surface area contributed by atoms with Gasteiger partial charge in [0.25, 0.3) is 0 Å². The minimum Gasteiger partial charge on any atom is -0.454 e. The number of hydrogen-bond donors (Lipinski definition) is 1. The summed E-state index contributed by atoms with van der Waals surface area (Å²) in [5.74, 6) is 0.761. The van der Waals surface area contributed by atoms with Gasteiger partial charge >= 0.3 is 0 Å². The smallest absolute Gasteiger partial charge is 0.231 e. The average molecular weight is 367 g/mol. The summed E-state index contributed by atoms with van der Waals surface area (Å²) in [6.07, 6.45) is 0.307. The first-order chi connectivity index (χ1) is 11.5. The molecule has 1 N–H and O–H groups in total. The van der Waals surface area contributed by atoms with Gasteiger partial charge in [0.15, 0.2) is 21.3 Å². The fraction of sp³-hybridized carbons (Fsp3) is 0.312. The molecule has 0 spiro atoms. The van der Waals surface area contributed by atoms with E-state index in [0.29, 0.717) is 22.8 Å². The number of sulfone groups is 1. The molecule has 1 amide bonds. The molecule has 3 rings (SSSR count). The first kappa shape index (κ1) is 16.8. The van der Waals surface area contributed by atoms with Gasteiger partial charge in [-0.05, 0) is 23.6 Å². The summed E-state index contributed by atoms with van der Waals surface area (Å²) in [6, 6.07) is 8.12. The highest BCUT2D eigenvalue weighted by Gasteiger charge is 2.31. The SMILES string of the molecule is CCC(=O)NC[C@H](c1cccs1)S(=O)(=O)c1ccc2c(c1)OCO2. The van der Waals surface area contributed by atoms with Gasteiger partial charge in [0, 0.05) is 23.9 Å². The van der Waals surface area contributed by atoms with Crippen molar-refractivity contribution >= 4 is 27.1 Å². The zero-order valence-electron chi connectivity index (χ0n) is 13.0. The molecule has 6 nitrogen and oxygen atoms in total. The molecule has 1 atom stereocenters. The molecule has 1 aromatic carbocycles. The molecule has 0 saturated carbocycles. The van der Waals surface area contributed by atoms with E-state index in [-0.39, 0.29) is 24.1 Å². The Kier molecular flexibility index (Phi) is 4.77. The molecular formula is C16H17NO5S2.